The Bertz CT molecular complexity index is 556. The smallest absolute Gasteiger partial charge is 0.208 e. The molecule has 0 aliphatic carbocycles. The maximum absolute atomic E-state index is 11.1. The van der Waals surface area contributed by atoms with E-state index >= 15 is 0 Å². The average Bonchev–Trinajstić information content (AvgIpc) is 2.46. The van der Waals surface area contributed by atoms with Gasteiger partial charge in [-0.05, 0) is 24.8 Å². The number of hydrogen-bond donors (Lipinski definition) is 1. The highest BCUT2D eigenvalue weighted by Gasteiger charge is 2.21. The molecule has 0 amide bonds. The summed E-state index contributed by atoms with van der Waals surface area (Å²) in [7, 11) is -1.48. The summed E-state index contributed by atoms with van der Waals surface area (Å²) in [6.07, 6.45) is 4.84. The first-order valence-electron chi connectivity index (χ1n) is 6.98. The van der Waals surface area contributed by atoms with Gasteiger partial charge in [-0.2, -0.15) is 0 Å². The fourth-order valence-electron chi connectivity index (χ4n) is 2.40. The van der Waals surface area contributed by atoms with E-state index in [-0.39, 0.29) is 0 Å². The van der Waals surface area contributed by atoms with Crippen LogP contribution in [0.15, 0.2) is 12.3 Å². The molecule has 0 spiro atoms. The zero-order valence-corrected chi connectivity index (χ0v) is 13.3. The molecular formula is C13H22N4O3S. The molecule has 0 radical (unpaired) electrons. The van der Waals surface area contributed by atoms with E-state index in [0.29, 0.717) is 24.9 Å². The van der Waals surface area contributed by atoms with Crippen molar-refractivity contribution in [3.63, 3.8) is 0 Å². The summed E-state index contributed by atoms with van der Waals surface area (Å²) in [6, 6.07) is 1.90. The van der Waals surface area contributed by atoms with E-state index in [4.69, 9.17) is 4.74 Å². The molecule has 118 valence electrons. The molecule has 1 N–H and O–H groups in total. The van der Waals surface area contributed by atoms with Crippen LogP contribution in [0.25, 0.3) is 0 Å². The lowest BCUT2D eigenvalue weighted by molar-refractivity contribution is 0.178. The molecule has 0 bridgehead atoms. The van der Waals surface area contributed by atoms with E-state index in [1.54, 1.807) is 13.3 Å². The van der Waals surface area contributed by atoms with Crippen LogP contribution in [0.4, 0.5) is 5.82 Å². The summed E-state index contributed by atoms with van der Waals surface area (Å²) in [5.41, 5.74) is 0. The van der Waals surface area contributed by atoms with Crippen LogP contribution in [0, 0.1) is 5.92 Å². The molecule has 21 heavy (non-hydrogen) atoms. The quantitative estimate of drug-likeness (QED) is 0.817. The third-order valence-corrected chi connectivity index (χ3v) is 4.23. The Kier molecular flexibility index (Phi) is 5.49. The third-order valence-electron chi connectivity index (χ3n) is 3.54. The standard InChI is InChI=1S/C13H22N4O3S/c1-20-10-12-14-6-3-13(16-12)17-7-4-11(5-8-17)9-15-21(2,18)19/h3,6,11,15H,4-5,7-10H2,1-2H3. The Hall–Kier alpha value is -1.25. The van der Waals surface area contributed by atoms with Crippen molar-refractivity contribution >= 4 is 15.8 Å². The van der Waals surface area contributed by atoms with E-state index in [1.165, 1.54) is 6.26 Å². The van der Waals surface area contributed by atoms with Gasteiger partial charge in [-0.15, -0.1) is 0 Å². The molecule has 1 saturated heterocycles. The van der Waals surface area contributed by atoms with Crippen LogP contribution in [-0.2, 0) is 21.4 Å². The second-order valence-corrected chi connectivity index (χ2v) is 7.15. The van der Waals surface area contributed by atoms with Gasteiger partial charge >= 0.3 is 0 Å². The second kappa shape index (κ2) is 7.15. The minimum atomic E-state index is -3.10. The monoisotopic (exact) mass is 314 g/mol. The number of anilines is 1. The number of ether oxygens (including phenoxy) is 1. The molecule has 0 atom stereocenters. The maximum atomic E-state index is 11.1. The molecular weight excluding hydrogens is 292 g/mol. The fraction of sp³-hybridized carbons (Fsp3) is 0.692. The molecule has 8 heteroatoms. The second-order valence-electron chi connectivity index (χ2n) is 5.32. The molecule has 1 fully saturated rings. The number of nitrogens with one attached hydrogen (secondary N) is 1. The van der Waals surface area contributed by atoms with E-state index in [9.17, 15) is 8.42 Å². The Morgan fingerprint density at radius 1 is 1.43 bits per heavy atom. The summed E-state index contributed by atoms with van der Waals surface area (Å²) in [5, 5.41) is 0. The van der Waals surface area contributed by atoms with E-state index in [2.05, 4.69) is 19.6 Å². The summed E-state index contributed by atoms with van der Waals surface area (Å²) < 4.78 is 29.8. The topological polar surface area (TPSA) is 84.4 Å². The maximum Gasteiger partial charge on any atom is 0.208 e. The minimum absolute atomic E-state index is 0.385. The van der Waals surface area contributed by atoms with Crippen LogP contribution in [0.3, 0.4) is 0 Å². The first-order chi connectivity index (χ1) is 9.98. The predicted octanol–water partition coefficient (Wildman–Crippen LogP) is 0.389. The van der Waals surface area contributed by atoms with Crippen molar-refractivity contribution in [1.82, 2.24) is 14.7 Å². The van der Waals surface area contributed by atoms with Gasteiger partial charge in [-0.25, -0.2) is 23.1 Å². The van der Waals surface area contributed by atoms with E-state index in [0.717, 1.165) is 31.7 Å². The highest BCUT2D eigenvalue weighted by Crippen LogP contribution is 2.21. The Morgan fingerprint density at radius 3 is 2.76 bits per heavy atom. The predicted molar refractivity (Wildman–Crippen MR) is 80.5 cm³/mol. The number of aromatic nitrogens is 2. The molecule has 1 aromatic heterocycles. The zero-order valence-electron chi connectivity index (χ0n) is 12.4. The van der Waals surface area contributed by atoms with E-state index in [1.807, 2.05) is 6.07 Å². The highest BCUT2D eigenvalue weighted by molar-refractivity contribution is 7.88. The Labute approximate surface area is 125 Å². The highest BCUT2D eigenvalue weighted by atomic mass is 32.2. The Balaban J connectivity index is 1.87. The van der Waals surface area contributed by atoms with Gasteiger partial charge in [0, 0.05) is 32.9 Å². The van der Waals surface area contributed by atoms with Crippen LogP contribution in [0.2, 0.25) is 0 Å². The van der Waals surface area contributed by atoms with Gasteiger partial charge in [-0.1, -0.05) is 0 Å². The summed E-state index contributed by atoms with van der Waals surface area (Å²) in [5.74, 6) is 1.97. The van der Waals surface area contributed by atoms with Gasteiger partial charge in [0.2, 0.25) is 10.0 Å². The number of methoxy groups -OCH3 is 1. The van der Waals surface area contributed by atoms with Gasteiger partial charge in [-0.3, -0.25) is 0 Å². The molecule has 7 nitrogen and oxygen atoms in total. The van der Waals surface area contributed by atoms with E-state index < -0.39 is 10.0 Å². The lowest BCUT2D eigenvalue weighted by Gasteiger charge is -2.32. The fourth-order valence-corrected chi connectivity index (χ4v) is 2.94. The first kappa shape index (κ1) is 16.1. The van der Waals surface area contributed by atoms with Crippen LogP contribution < -0.4 is 9.62 Å². The number of nitrogens with zero attached hydrogens (tertiary/aromatic N) is 3. The van der Waals surface area contributed by atoms with Crippen LogP contribution in [0.1, 0.15) is 18.7 Å². The SMILES string of the molecule is COCc1nccc(N2CCC(CNS(C)(=O)=O)CC2)n1. The molecule has 1 aliphatic heterocycles. The van der Waals surface area contributed by atoms with Crippen molar-refractivity contribution in [1.29, 1.82) is 0 Å². The average molecular weight is 314 g/mol. The van der Waals surface area contributed by atoms with Crippen molar-refractivity contribution < 1.29 is 13.2 Å². The minimum Gasteiger partial charge on any atom is -0.377 e. The third kappa shape index (κ3) is 5.22. The number of hydrogen-bond acceptors (Lipinski definition) is 6. The van der Waals surface area contributed by atoms with Crippen LogP contribution in [0.5, 0.6) is 0 Å². The van der Waals surface area contributed by atoms with Crippen molar-refractivity contribution in [2.45, 2.75) is 19.4 Å². The number of sulfonamides is 1. The molecule has 0 saturated carbocycles. The number of piperidine rings is 1. The largest absolute Gasteiger partial charge is 0.377 e. The molecule has 1 aliphatic rings. The molecule has 2 heterocycles. The normalized spacial score (nSPS) is 17.1. The van der Waals surface area contributed by atoms with Crippen molar-refractivity contribution in [2.75, 3.05) is 37.9 Å². The van der Waals surface area contributed by atoms with Crippen molar-refractivity contribution in [3.05, 3.63) is 18.1 Å². The van der Waals surface area contributed by atoms with Crippen LogP contribution in [-0.4, -0.2) is 51.4 Å². The summed E-state index contributed by atoms with van der Waals surface area (Å²) in [4.78, 5) is 10.8. The summed E-state index contributed by atoms with van der Waals surface area (Å²) >= 11 is 0. The summed E-state index contributed by atoms with van der Waals surface area (Å²) in [6.45, 7) is 2.67. The van der Waals surface area contributed by atoms with Crippen LogP contribution >= 0.6 is 0 Å². The molecule has 2 rings (SSSR count). The van der Waals surface area contributed by atoms with Crippen molar-refractivity contribution in [3.8, 4) is 0 Å². The Morgan fingerprint density at radius 2 is 2.14 bits per heavy atom. The van der Waals surface area contributed by atoms with Gasteiger partial charge in [0.1, 0.15) is 12.4 Å². The first-order valence-corrected chi connectivity index (χ1v) is 8.87. The lowest BCUT2D eigenvalue weighted by Crippen LogP contribution is -2.38. The lowest BCUT2D eigenvalue weighted by atomic mass is 9.97. The number of rotatable bonds is 6. The van der Waals surface area contributed by atoms with Gasteiger partial charge in [0.15, 0.2) is 5.82 Å². The molecule has 0 unspecified atom stereocenters. The van der Waals surface area contributed by atoms with Gasteiger partial charge in [0.25, 0.3) is 0 Å². The molecule has 0 aromatic carbocycles. The van der Waals surface area contributed by atoms with Gasteiger partial charge < -0.3 is 9.64 Å². The van der Waals surface area contributed by atoms with Crippen molar-refractivity contribution in [2.24, 2.45) is 5.92 Å². The molecule has 1 aromatic rings. The zero-order chi connectivity index (χ0) is 15.3. The van der Waals surface area contributed by atoms with Gasteiger partial charge in [0.05, 0.1) is 6.26 Å².